The van der Waals surface area contributed by atoms with Crippen LogP contribution in [0.1, 0.15) is 17.3 Å². The SMILES string of the molecule is CCOc1cc(C(=O)OCC(=O)Nc2cccc([N+](=O)[O-])c2)ccc1OC. The topological polar surface area (TPSA) is 117 Å². The molecule has 0 bridgehead atoms. The second-order valence-corrected chi connectivity index (χ2v) is 5.23. The van der Waals surface area contributed by atoms with Gasteiger partial charge < -0.3 is 19.5 Å². The van der Waals surface area contributed by atoms with Gasteiger partial charge in [0.25, 0.3) is 11.6 Å². The zero-order valence-corrected chi connectivity index (χ0v) is 14.8. The van der Waals surface area contributed by atoms with Crippen LogP contribution in [0.3, 0.4) is 0 Å². The van der Waals surface area contributed by atoms with Gasteiger partial charge >= 0.3 is 5.97 Å². The Morgan fingerprint density at radius 3 is 2.59 bits per heavy atom. The molecule has 1 amide bonds. The van der Waals surface area contributed by atoms with Gasteiger partial charge in [0.05, 0.1) is 24.2 Å². The fourth-order valence-electron chi connectivity index (χ4n) is 2.18. The molecule has 0 aromatic heterocycles. The Kier molecular flexibility index (Phi) is 6.70. The normalized spacial score (nSPS) is 10.0. The number of hydrogen-bond acceptors (Lipinski definition) is 7. The number of carbonyl (C=O) groups is 2. The first-order valence-electron chi connectivity index (χ1n) is 7.97. The van der Waals surface area contributed by atoms with Gasteiger partial charge in [-0.25, -0.2) is 4.79 Å². The molecular formula is C18H18N2O7. The number of nitro groups is 1. The molecular weight excluding hydrogens is 356 g/mol. The van der Waals surface area contributed by atoms with Gasteiger partial charge in [0.15, 0.2) is 18.1 Å². The van der Waals surface area contributed by atoms with Crippen LogP contribution in [-0.4, -0.2) is 37.1 Å². The van der Waals surface area contributed by atoms with Gasteiger partial charge in [0.2, 0.25) is 0 Å². The molecule has 2 rings (SSSR count). The molecule has 0 radical (unpaired) electrons. The molecule has 2 aromatic carbocycles. The average Bonchev–Trinajstić information content (AvgIpc) is 2.66. The fourth-order valence-corrected chi connectivity index (χ4v) is 2.18. The van der Waals surface area contributed by atoms with E-state index in [1.807, 2.05) is 0 Å². The minimum atomic E-state index is -0.715. The predicted octanol–water partition coefficient (Wildman–Crippen LogP) is 2.80. The van der Waals surface area contributed by atoms with E-state index in [0.29, 0.717) is 18.1 Å². The van der Waals surface area contributed by atoms with Crippen molar-refractivity contribution in [3.8, 4) is 11.5 Å². The van der Waals surface area contributed by atoms with E-state index in [0.717, 1.165) is 0 Å². The number of nitrogens with one attached hydrogen (secondary N) is 1. The van der Waals surface area contributed by atoms with Crippen LogP contribution < -0.4 is 14.8 Å². The third-order valence-electron chi connectivity index (χ3n) is 3.37. The summed E-state index contributed by atoms with van der Waals surface area (Å²) >= 11 is 0. The molecule has 0 aliphatic heterocycles. The zero-order chi connectivity index (χ0) is 19.8. The molecule has 0 saturated heterocycles. The number of non-ortho nitro benzene ring substituents is 1. The maximum absolute atomic E-state index is 12.1. The van der Waals surface area contributed by atoms with E-state index in [4.69, 9.17) is 14.2 Å². The first kappa shape index (κ1) is 19.7. The van der Waals surface area contributed by atoms with Crippen molar-refractivity contribution in [2.45, 2.75) is 6.92 Å². The third-order valence-corrected chi connectivity index (χ3v) is 3.37. The molecule has 0 saturated carbocycles. The highest BCUT2D eigenvalue weighted by Gasteiger charge is 2.14. The van der Waals surface area contributed by atoms with E-state index in [9.17, 15) is 19.7 Å². The second-order valence-electron chi connectivity index (χ2n) is 5.23. The van der Waals surface area contributed by atoms with Gasteiger partial charge in [-0.3, -0.25) is 14.9 Å². The van der Waals surface area contributed by atoms with Crippen molar-refractivity contribution >= 4 is 23.3 Å². The van der Waals surface area contributed by atoms with E-state index >= 15 is 0 Å². The average molecular weight is 374 g/mol. The van der Waals surface area contributed by atoms with Crippen LogP contribution in [0.25, 0.3) is 0 Å². The number of hydrogen-bond donors (Lipinski definition) is 1. The van der Waals surface area contributed by atoms with Crippen molar-refractivity contribution in [3.63, 3.8) is 0 Å². The lowest BCUT2D eigenvalue weighted by Crippen LogP contribution is -2.21. The van der Waals surface area contributed by atoms with Gasteiger partial charge in [0, 0.05) is 17.8 Å². The second kappa shape index (κ2) is 9.18. The van der Waals surface area contributed by atoms with Gasteiger partial charge in [-0.2, -0.15) is 0 Å². The van der Waals surface area contributed by atoms with Crippen LogP contribution in [0.4, 0.5) is 11.4 Å². The maximum Gasteiger partial charge on any atom is 0.338 e. The highest BCUT2D eigenvalue weighted by atomic mass is 16.6. The molecule has 0 atom stereocenters. The molecule has 9 heteroatoms. The molecule has 0 fully saturated rings. The summed E-state index contributed by atoms with van der Waals surface area (Å²) in [5, 5.41) is 13.2. The number of amides is 1. The molecule has 9 nitrogen and oxygen atoms in total. The molecule has 0 spiro atoms. The minimum Gasteiger partial charge on any atom is -0.493 e. The number of benzene rings is 2. The summed E-state index contributed by atoms with van der Waals surface area (Å²) in [5.74, 6) is -0.484. The van der Waals surface area contributed by atoms with E-state index in [2.05, 4.69) is 5.32 Å². The number of esters is 1. The van der Waals surface area contributed by atoms with Crippen LogP contribution in [0.15, 0.2) is 42.5 Å². The van der Waals surface area contributed by atoms with Crippen LogP contribution in [0.5, 0.6) is 11.5 Å². The van der Waals surface area contributed by atoms with Gasteiger partial charge in [-0.1, -0.05) is 6.07 Å². The molecule has 27 heavy (non-hydrogen) atoms. The van der Waals surface area contributed by atoms with Crippen molar-refractivity contribution in [2.75, 3.05) is 25.6 Å². The maximum atomic E-state index is 12.1. The Morgan fingerprint density at radius 1 is 1.15 bits per heavy atom. The van der Waals surface area contributed by atoms with Crippen LogP contribution in [0, 0.1) is 10.1 Å². The number of nitro benzene ring substituents is 1. The van der Waals surface area contributed by atoms with Crippen LogP contribution in [0.2, 0.25) is 0 Å². The van der Waals surface area contributed by atoms with Gasteiger partial charge in [0.1, 0.15) is 0 Å². The lowest BCUT2D eigenvalue weighted by molar-refractivity contribution is -0.384. The Labute approximate surface area is 155 Å². The van der Waals surface area contributed by atoms with Crippen molar-refractivity contribution in [2.24, 2.45) is 0 Å². The third kappa shape index (κ3) is 5.43. The largest absolute Gasteiger partial charge is 0.493 e. The lowest BCUT2D eigenvalue weighted by Gasteiger charge is -2.11. The highest BCUT2D eigenvalue weighted by Crippen LogP contribution is 2.28. The summed E-state index contributed by atoms with van der Waals surface area (Å²) in [7, 11) is 1.48. The number of ether oxygens (including phenoxy) is 3. The summed E-state index contributed by atoms with van der Waals surface area (Å²) < 4.78 is 15.5. The van der Waals surface area contributed by atoms with Crippen LogP contribution in [-0.2, 0) is 9.53 Å². The molecule has 1 N–H and O–H groups in total. The highest BCUT2D eigenvalue weighted by molar-refractivity contribution is 5.95. The number of carbonyl (C=O) groups excluding carboxylic acids is 2. The molecule has 142 valence electrons. The Hall–Kier alpha value is -3.62. The monoisotopic (exact) mass is 374 g/mol. The Morgan fingerprint density at radius 2 is 1.93 bits per heavy atom. The number of anilines is 1. The number of rotatable bonds is 8. The van der Waals surface area contributed by atoms with Crippen molar-refractivity contribution in [1.82, 2.24) is 0 Å². The standard InChI is InChI=1S/C18H18N2O7/c1-3-26-16-9-12(7-8-15(16)25-2)18(22)27-11-17(21)19-13-5-4-6-14(10-13)20(23)24/h4-10H,3,11H2,1-2H3,(H,19,21). The zero-order valence-electron chi connectivity index (χ0n) is 14.8. The Bertz CT molecular complexity index is 851. The lowest BCUT2D eigenvalue weighted by atomic mass is 10.2. The van der Waals surface area contributed by atoms with E-state index in [-0.39, 0.29) is 16.9 Å². The van der Waals surface area contributed by atoms with Crippen molar-refractivity contribution in [3.05, 3.63) is 58.1 Å². The van der Waals surface area contributed by atoms with Gasteiger partial charge in [-0.05, 0) is 31.2 Å². The van der Waals surface area contributed by atoms with Gasteiger partial charge in [-0.15, -0.1) is 0 Å². The molecule has 0 unspecified atom stereocenters. The van der Waals surface area contributed by atoms with Crippen molar-refractivity contribution < 1.29 is 28.7 Å². The predicted molar refractivity (Wildman–Crippen MR) is 96.2 cm³/mol. The summed E-state index contributed by atoms with van der Waals surface area (Å²) in [6.07, 6.45) is 0. The minimum absolute atomic E-state index is 0.161. The molecule has 0 aliphatic carbocycles. The summed E-state index contributed by atoms with van der Waals surface area (Å²) in [6.45, 7) is 1.64. The number of nitrogens with zero attached hydrogens (tertiary/aromatic N) is 1. The fraction of sp³-hybridized carbons (Fsp3) is 0.222. The quantitative estimate of drug-likeness (QED) is 0.429. The summed E-state index contributed by atoms with van der Waals surface area (Å²) in [6, 6.07) is 9.94. The van der Waals surface area contributed by atoms with E-state index in [1.54, 1.807) is 13.0 Å². The molecule has 0 aliphatic rings. The summed E-state index contributed by atoms with van der Waals surface area (Å²) in [5.41, 5.74) is 0.266. The Balaban J connectivity index is 1.96. The first-order chi connectivity index (χ1) is 12.9. The van der Waals surface area contributed by atoms with E-state index < -0.39 is 23.4 Å². The summed E-state index contributed by atoms with van der Waals surface area (Å²) in [4.78, 5) is 34.2. The molecule has 0 heterocycles. The smallest absolute Gasteiger partial charge is 0.338 e. The number of methoxy groups -OCH3 is 1. The van der Waals surface area contributed by atoms with E-state index in [1.165, 1.54) is 43.5 Å². The molecule has 2 aromatic rings. The van der Waals surface area contributed by atoms with Crippen LogP contribution >= 0.6 is 0 Å². The first-order valence-corrected chi connectivity index (χ1v) is 7.97. The van der Waals surface area contributed by atoms with Crippen molar-refractivity contribution in [1.29, 1.82) is 0 Å².